The minimum absolute atomic E-state index is 0.000692. The van der Waals surface area contributed by atoms with Gasteiger partial charge < -0.3 is 11.1 Å². The topological polar surface area (TPSA) is 83.8 Å². The highest BCUT2D eigenvalue weighted by molar-refractivity contribution is 5.87. The summed E-state index contributed by atoms with van der Waals surface area (Å²) in [6, 6.07) is 7.80. The molecule has 1 atom stereocenters. The number of aromatic amines is 1. The van der Waals surface area contributed by atoms with Crippen LogP contribution in [0.1, 0.15) is 25.5 Å². The SMILES string of the molecule is CC(CN)(NC(=O)Cc1[nH]nc2ccccc12)C1CC1. The second-order valence-corrected chi connectivity index (χ2v) is 5.84. The van der Waals surface area contributed by atoms with E-state index in [9.17, 15) is 4.79 Å². The van der Waals surface area contributed by atoms with E-state index in [0.29, 0.717) is 18.9 Å². The van der Waals surface area contributed by atoms with Crippen molar-refractivity contribution in [2.45, 2.75) is 31.7 Å². The number of hydrogen-bond donors (Lipinski definition) is 3. The molecule has 1 saturated carbocycles. The summed E-state index contributed by atoms with van der Waals surface area (Å²) in [5.41, 5.74) is 7.30. The molecule has 20 heavy (non-hydrogen) atoms. The van der Waals surface area contributed by atoms with Gasteiger partial charge >= 0.3 is 0 Å². The van der Waals surface area contributed by atoms with Crippen LogP contribution in [0.3, 0.4) is 0 Å². The highest BCUT2D eigenvalue weighted by atomic mass is 16.1. The zero-order valence-electron chi connectivity index (χ0n) is 11.6. The Hall–Kier alpha value is -1.88. The summed E-state index contributed by atoms with van der Waals surface area (Å²) >= 11 is 0. The standard InChI is InChI=1S/C15H20N4O/c1-15(9-16,10-6-7-10)17-14(20)8-13-11-4-2-3-5-12(11)18-19-13/h2-5,10H,6-9,16H2,1H3,(H,17,20)(H,18,19). The van der Waals surface area contributed by atoms with Crippen LogP contribution in [0.4, 0.5) is 0 Å². The maximum absolute atomic E-state index is 12.2. The molecule has 1 heterocycles. The molecule has 1 fully saturated rings. The van der Waals surface area contributed by atoms with E-state index in [1.165, 1.54) is 0 Å². The van der Waals surface area contributed by atoms with E-state index in [-0.39, 0.29) is 11.4 Å². The number of para-hydroxylation sites is 1. The van der Waals surface area contributed by atoms with Gasteiger partial charge in [0.2, 0.25) is 5.91 Å². The van der Waals surface area contributed by atoms with E-state index in [1.807, 2.05) is 31.2 Å². The Morgan fingerprint density at radius 2 is 2.25 bits per heavy atom. The predicted octanol–water partition coefficient (Wildman–Crippen LogP) is 1.35. The van der Waals surface area contributed by atoms with Crippen molar-refractivity contribution in [2.24, 2.45) is 11.7 Å². The zero-order valence-corrected chi connectivity index (χ0v) is 11.6. The lowest BCUT2D eigenvalue weighted by Gasteiger charge is -2.29. The fourth-order valence-corrected chi connectivity index (χ4v) is 2.71. The first-order valence-electron chi connectivity index (χ1n) is 7.05. The van der Waals surface area contributed by atoms with Crippen LogP contribution in [-0.2, 0) is 11.2 Å². The average molecular weight is 272 g/mol. The number of amides is 1. The van der Waals surface area contributed by atoms with Crippen LogP contribution < -0.4 is 11.1 Å². The Labute approximate surface area is 117 Å². The Kier molecular flexibility index (Phi) is 3.22. The molecule has 5 heteroatoms. The van der Waals surface area contributed by atoms with Crippen LogP contribution in [0.2, 0.25) is 0 Å². The van der Waals surface area contributed by atoms with Gasteiger partial charge in [-0.1, -0.05) is 18.2 Å². The Bertz CT molecular complexity index is 632. The molecule has 2 aromatic rings. The molecule has 1 aliphatic carbocycles. The highest BCUT2D eigenvalue weighted by Crippen LogP contribution is 2.39. The van der Waals surface area contributed by atoms with Crippen LogP contribution in [-0.4, -0.2) is 28.2 Å². The zero-order chi connectivity index (χ0) is 14.2. The summed E-state index contributed by atoms with van der Waals surface area (Å²) in [6.07, 6.45) is 2.62. The van der Waals surface area contributed by atoms with Crippen molar-refractivity contribution in [3.05, 3.63) is 30.0 Å². The van der Waals surface area contributed by atoms with Crippen molar-refractivity contribution in [1.29, 1.82) is 0 Å². The smallest absolute Gasteiger partial charge is 0.226 e. The third-order valence-electron chi connectivity index (χ3n) is 4.21. The normalized spacial score (nSPS) is 17.9. The number of nitrogens with zero attached hydrogens (tertiary/aromatic N) is 1. The van der Waals surface area contributed by atoms with Gasteiger partial charge in [-0.25, -0.2) is 0 Å². The molecule has 1 aliphatic rings. The Morgan fingerprint density at radius 3 is 2.95 bits per heavy atom. The lowest BCUT2D eigenvalue weighted by atomic mass is 9.95. The summed E-state index contributed by atoms with van der Waals surface area (Å²) < 4.78 is 0. The molecule has 0 saturated heterocycles. The maximum Gasteiger partial charge on any atom is 0.226 e. The molecular formula is C15H20N4O. The van der Waals surface area contributed by atoms with Gasteiger partial charge in [-0.2, -0.15) is 5.10 Å². The molecule has 1 unspecified atom stereocenters. The van der Waals surface area contributed by atoms with Crippen LogP contribution in [0.15, 0.2) is 24.3 Å². The number of rotatable bonds is 5. The van der Waals surface area contributed by atoms with Crippen LogP contribution >= 0.6 is 0 Å². The first kappa shape index (κ1) is 13.1. The van der Waals surface area contributed by atoms with Gasteiger partial charge in [0.25, 0.3) is 0 Å². The first-order chi connectivity index (χ1) is 9.62. The highest BCUT2D eigenvalue weighted by Gasteiger charge is 2.41. The molecule has 4 N–H and O–H groups in total. The lowest BCUT2D eigenvalue weighted by molar-refractivity contribution is -0.122. The van der Waals surface area contributed by atoms with Crippen molar-refractivity contribution < 1.29 is 4.79 Å². The molecule has 1 aromatic heterocycles. The number of benzene rings is 1. The van der Waals surface area contributed by atoms with E-state index >= 15 is 0 Å². The molecule has 106 valence electrons. The van der Waals surface area contributed by atoms with Crippen LogP contribution in [0, 0.1) is 5.92 Å². The summed E-state index contributed by atoms with van der Waals surface area (Å²) in [6.45, 7) is 2.51. The van der Waals surface area contributed by atoms with Gasteiger partial charge in [0.15, 0.2) is 0 Å². The van der Waals surface area contributed by atoms with E-state index in [4.69, 9.17) is 5.73 Å². The molecule has 1 aromatic carbocycles. The van der Waals surface area contributed by atoms with Gasteiger partial charge in [0.05, 0.1) is 23.2 Å². The van der Waals surface area contributed by atoms with Gasteiger partial charge in [-0.05, 0) is 31.7 Å². The van der Waals surface area contributed by atoms with Crippen LogP contribution in [0.5, 0.6) is 0 Å². The third kappa shape index (κ3) is 2.41. The van der Waals surface area contributed by atoms with Gasteiger partial charge in [-0.3, -0.25) is 9.89 Å². The fraction of sp³-hybridized carbons (Fsp3) is 0.467. The number of nitrogens with one attached hydrogen (secondary N) is 2. The summed E-state index contributed by atoms with van der Waals surface area (Å²) in [7, 11) is 0. The number of H-pyrrole nitrogens is 1. The van der Waals surface area contributed by atoms with Crippen molar-refractivity contribution >= 4 is 16.8 Å². The largest absolute Gasteiger partial charge is 0.349 e. The monoisotopic (exact) mass is 272 g/mol. The lowest BCUT2D eigenvalue weighted by Crippen LogP contribution is -2.53. The summed E-state index contributed by atoms with van der Waals surface area (Å²) in [5, 5.41) is 11.3. The molecule has 0 bridgehead atoms. The fourth-order valence-electron chi connectivity index (χ4n) is 2.71. The number of aromatic nitrogens is 2. The molecule has 3 rings (SSSR count). The van der Waals surface area contributed by atoms with E-state index < -0.39 is 0 Å². The number of carbonyl (C=O) groups is 1. The van der Waals surface area contributed by atoms with E-state index in [2.05, 4.69) is 15.5 Å². The summed E-state index contributed by atoms with van der Waals surface area (Å²) in [5.74, 6) is 0.522. The van der Waals surface area contributed by atoms with Crippen molar-refractivity contribution in [3.8, 4) is 0 Å². The van der Waals surface area contributed by atoms with Crippen molar-refractivity contribution in [3.63, 3.8) is 0 Å². The second kappa shape index (κ2) is 4.90. The first-order valence-corrected chi connectivity index (χ1v) is 7.05. The average Bonchev–Trinajstić information content (AvgIpc) is 3.23. The summed E-state index contributed by atoms with van der Waals surface area (Å²) in [4.78, 5) is 12.2. The number of fused-ring (bicyclic) bond motifs is 1. The maximum atomic E-state index is 12.2. The van der Waals surface area contributed by atoms with Gasteiger partial charge in [-0.15, -0.1) is 0 Å². The minimum atomic E-state index is -0.271. The number of hydrogen-bond acceptors (Lipinski definition) is 3. The number of nitrogens with two attached hydrogens (primary N) is 1. The van der Waals surface area contributed by atoms with Crippen LogP contribution in [0.25, 0.3) is 10.9 Å². The molecule has 5 nitrogen and oxygen atoms in total. The van der Waals surface area contributed by atoms with E-state index in [1.54, 1.807) is 0 Å². The molecule has 0 radical (unpaired) electrons. The van der Waals surface area contributed by atoms with E-state index in [0.717, 1.165) is 29.4 Å². The predicted molar refractivity (Wildman–Crippen MR) is 78.1 cm³/mol. The third-order valence-corrected chi connectivity index (χ3v) is 4.21. The number of carbonyl (C=O) groups excluding carboxylic acids is 1. The van der Waals surface area contributed by atoms with Crippen molar-refractivity contribution in [2.75, 3.05) is 6.54 Å². The molecular weight excluding hydrogens is 252 g/mol. The Morgan fingerprint density at radius 1 is 1.50 bits per heavy atom. The molecule has 1 amide bonds. The molecule has 0 aliphatic heterocycles. The van der Waals surface area contributed by atoms with Crippen molar-refractivity contribution in [1.82, 2.24) is 15.5 Å². The molecule has 0 spiro atoms. The van der Waals surface area contributed by atoms with Gasteiger partial charge in [0.1, 0.15) is 0 Å². The second-order valence-electron chi connectivity index (χ2n) is 5.84. The quantitative estimate of drug-likeness (QED) is 0.768. The van der Waals surface area contributed by atoms with Gasteiger partial charge in [0, 0.05) is 11.9 Å². The Balaban J connectivity index is 1.72. The minimum Gasteiger partial charge on any atom is -0.349 e.